The minimum absolute atomic E-state index is 0.831. The Morgan fingerprint density at radius 2 is 1.28 bits per heavy atom. The first kappa shape index (κ1) is 16.0. The van der Waals surface area contributed by atoms with Crippen molar-refractivity contribution in [3.05, 3.63) is 0 Å². The van der Waals surface area contributed by atoms with Gasteiger partial charge in [0.25, 0.3) is 0 Å². The van der Waals surface area contributed by atoms with Gasteiger partial charge in [-0.2, -0.15) is 0 Å². The fourth-order valence-electron chi connectivity index (χ4n) is 3.05. The van der Waals surface area contributed by atoms with Crippen LogP contribution in [0.3, 0.4) is 0 Å². The van der Waals surface area contributed by atoms with Crippen LogP contribution < -0.4 is 5.32 Å². The lowest BCUT2D eigenvalue weighted by Gasteiger charge is -2.28. The lowest BCUT2D eigenvalue weighted by molar-refractivity contribution is 0.210. The maximum Gasteiger partial charge on any atom is 0.0107 e. The van der Waals surface area contributed by atoms with E-state index in [4.69, 9.17) is 0 Å². The fourth-order valence-corrected chi connectivity index (χ4v) is 3.05. The summed E-state index contributed by atoms with van der Waals surface area (Å²) in [6, 6.07) is 0.831. The Bertz CT molecular complexity index is 170. The molecule has 1 N–H and O–H groups in total. The molecule has 1 rings (SSSR count). The van der Waals surface area contributed by atoms with Crippen molar-refractivity contribution in [1.29, 1.82) is 0 Å². The van der Waals surface area contributed by atoms with Crippen LogP contribution in [0.4, 0.5) is 0 Å². The molecule has 1 aliphatic rings. The molecule has 2 heteroatoms. The minimum atomic E-state index is 0.831. The first-order valence-electron chi connectivity index (χ1n) is 8.19. The van der Waals surface area contributed by atoms with Gasteiger partial charge in [0.15, 0.2) is 0 Å². The number of nitrogens with one attached hydrogen (secondary N) is 1. The molecule has 0 heterocycles. The largest absolute Gasteiger partial charge is 0.318 e. The Morgan fingerprint density at radius 3 is 1.72 bits per heavy atom. The van der Waals surface area contributed by atoms with E-state index in [1.54, 1.807) is 0 Å². The molecule has 0 radical (unpaired) electrons. The van der Waals surface area contributed by atoms with Crippen LogP contribution in [0.25, 0.3) is 0 Å². The van der Waals surface area contributed by atoms with Gasteiger partial charge in [0.05, 0.1) is 0 Å². The highest BCUT2D eigenvalue weighted by Crippen LogP contribution is 2.19. The topological polar surface area (TPSA) is 15.3 Å². The molecule has 0 amide bonds. The van der Waals surface area contributed by atoms with E-state index < -0.39 is 0 Å². The molecular weight excluding hydrogens is 220 g/mol. The van der Waals surface area contributed by atoms with Gasteiger partial charge < -0.3 is 10.2 Å². The van der Waals surface area contributed by atoms with Gasteiger partial charge in [-0.3, -0.25) is 0 Å². The molecule has 0 spiro atoms. The monoisotopic (exact) mass is 254 g/mol. The maximum atomic E-state index is 3.26. The van der Waals surface area contributed by atoms with Crippen LogP contribution in [-0.4, -0.2) is 38.1 Å². The number of likely N-dealkylation sites (N-methyl/N-ethyl adjacent to an activating group) is 2. The van der Waals surface area contributed by atoms with Crippen LogP contribution in [0.15, 0.2) is 0 Å². The Morgan fingerprint density at radius 1 is 0.833 bits per heavy atom. The Kier molecular flexibility index (Phi) is 9.59. The van der Waals surface area contributed by atoms with Crippen molar-refractivity contribution in [2.24, 2.45) is 0 Å². The number of nitrogens with zero attached hydrogens (tertiary/aromatic N) is 1. The molecule has 1 aliphatic carbocycles. The van der Waals surface area contributed by atoms with E-state index in [1.807, 2.05) is 0 Å². The van der Waals surface area contributed by atoms with E-state index in [1.165, 1.54) is 77.2 Å². The Hall–Kier alpha value is -0.0800. The zero-order valence-electron chi connectivity index (χ0n) is 12.7. The zero-order chi connectivity index (χ0) is 13.1. The van der Waals surface area contributed by atoms with Gasteiger partial charge in [-0.1, -0.05) is 57.8 Å². The second-order valence-corrected chi connectivity index (χ2v) is 6.00. The van der Waals surface area contributed by atoms with E-state index in [0.29, 0.717) is 0 Å². The molecule has 0 aromatic heterocycles. The normalized spacial score (nSPS) is 21.5. The molecule has 0 saturated heterocycles. The van der Waals surface area contributed by atoms with Crippen LogP contribution in [-0.2, 0) is 0 Å². The third-order valence-corrected chi connectivity index (χ3v) is 4.41. The highest BCUT2D eigenvalue weighted by atomic mass is 15.1. The lowest BCUT2D eigenvalue weighted by atomic mass is 9.97. The van der Waals surface area contributed by atoms with E-state index >= 15 is 0 Å². The van der Waals surface area contributed by atoms with Crippen molar-refractivity contribution in [2.75, 3.05) is 27.2 Å². The zero-order valence-corrected chi connectivity index (χ0v) is 12.7. The van der Waals surface area contributed by atoms with Crippen LogP contribution in [0.1, 0.15) is 70.6 Å². The van der Waals surface area contributed by atoms with E-state index in [9.17, 15) is 0 Å². The van der Waals surface area contributed by atoms with Gasteiger partial charge in [0, 0.05) is 19.1 Å². The predicted molar refractivity (Wildman–Crippen MR) is 81.1 cm³/mol. The van der Waals surface area contributed by atoms with Crippen molar-refractivity contribution in [3.8, 4) is 0 Å². The SMILES string of the molecule is CNCCN(C)C1CCCCCCCCCCC1. The molecule has 0 aliphatic heterocycles. The summed E-state index contributed by atoms with van der Waals surface area (Å²) in [6.45, 7) is 2.31. The third-order valence-electron chi connectivity index (χ3n) is 4.41. The van der Waals surface area contributed by atoms with Crippen LogP contribution in [0.5, 0.6) is 0 Å². The second-order valence-electron chi connectivity index (χ2n) is 6.00. The van der Waals surface area contributed by atoms with Crippen LogP contribution >= 0.6 is 0 Å². The van der Waals surface area contributed by atoms with Gasteiger partial charge in [-0.05, 0) is 26.9 Å². The summed E-state index contributed by atoms with van der Waals surface area (Å²) in [4.78, 5) is 2.59. The summed E-state index contributed by atoms with van der Waals surface area (Å²) in [5.41, 5.74) is 0. The third kappa shape index (κ3) is 7.38. The van der Waals surface area contributed by atoms with Gasteiger partial charge in [0.1, 0.15) is 0 Å². The van der Waals surface area contributed by atoms with Crippen LogP contribution in [0, 0.1) is 0 Å². The molecule has 0 aromatic carbocycles. The number of rotatable bonds is 4. The molecule has 0 unspecified atom stereocenters. The van der Waals surface area contributed by atoms with E-state index in [0.717, 1.165) is 12.6 Å². The average Bonchev–Trinajstić information content (AvgIpc) is 2.36. The van der Waals surface area contributed by atoms with Crippen molar-refractivity contribution in [3.63, 3.8) is 0 Å². The minimum Gasteiger partial charge on any atom is -0.318 e. The molecule has 0 bridgehead atoms. The predicted octanol–water partition coefficient (Wildman–Crippen LogP) is 3.81. The molecule has 0 aromatic rings. The smallest absolute Gasteiger partial charge is 0.0107 e. The lowest BCUT2D eigenvalue weighted by Crippen LogP contribution is -2.36. The van der Waals surface area contributed by atoms with E-state index in [2.05, 4.69) is 24.3 Å². The Balaban J connectivity index is 2.30. The summed E-state index contributed by atoms with van der Waals surface area (Å²) in [7, 11) is 4.36. The van der Waals surface area contributed by atoms with Gasteiger partial charge in [-0.15, -0.1) is 0 Å². The fraction of sp³-hybridized carbons (Fsp3) is 1.00. The van der Waals surface area contributed by atoms with Crippen molar-refractivity contribution >= 4 is 0 Å². The first-order valence-corrected chi connectivity index (χ1v) is 8.19. The second kappa shape index (κ2) is 10.8. The first-order chi connectivity index (χ1) is 8.84. The maximum absolute atomic E-state index is 3.26. The molecule has 2 nitrogen and oxygen atoms in total. The molecule has 1 fully saturated rings. The summed E-state index contributed by atoms with van der Waals surface area (Å²) in [6.07, 6.45) is 16.0. The molecule has 108 valence electrons. The number of hydrogen-bond acceptors (Lipinski definition) is 2. The van der Waals surface area contributed by atoms with Gasteiger partial charge >= 0.3 is 0 Å². The van der Waals surface area contributed by atoms with Crippen molar-refractivity contribution in [1.82, 2.24) is 10.2 Å². The summed E-state index contributed by atoms with van der Waals surface area (Å²) in [5.74, 6) is 0. The molecule has 18 heavy (non-hydrogen) atoms. The quantitative estimate of drug-likeness (QED) is 0.820. The van der Waals surface area contributed by atoms with Crippen molar-refractivity contribution in [2.45, 2.75) is 76.7 Å². The number of hydrogen-bond donors (Lipinski definition) is 1. The van der Waals surface area contributed by atoms with Gasteiger partial charge in [-0.25, -0.2) is 0 Å². The van der Waals surface area contributed by atoms with Crippen molar-refractivity contribution < 1.29 is 0 Å². The molecular formula is C16H34N2. The average molecular weight is 254 g/mol. The Labute approximate surface area is 115 Å². The van der Waals surface area contributed by atoms with Gasteiger partial charge in [0.2, 0.25) is 0 Å². The summed E-state index contributed by atoms with van der Waals surface area (Å²) >= 11 is 0. The highest BCUT2D eigenvalue weighted by Gasteiger charge is 2.14. The summed E-state index contributed by atoms with van der Waals surface area (Å²) < 4.78 is 0. The van der Waals surface area contributed by atoms with Crippen LogP contribution in [0.2, 0.25) is 0 Å². The highest BCUT2D eigenvalue weighted by molar-refractivity contribution is 4.70. The van der Waals surface area contributed by atoms with E-state index in [-0.39, 0.29) is 0 Å². The summed E-state index contributed by atoms with van der Waals surface area (Å²) in [5, 5.41) is 3.26. The standard InChI is InChI=1S/C16H34N2/c1-17-14-15-18(2)16-12-10-8-6-4-3-5-7-9-11-13-16/h16-17H,3-15H2,1-2H3. The molecule has 1 saturated carbocycles. The molecule has 0 atom stereocenters.